The third kappa shape index (κ3) is 3.94. The van der Waals surface area contributed by atoms with Crippen molar-refractivity contribution in [2.45, 2.75) is 26.0 Å². The van der Waals surface area contributed by atoms with Crippen molar-refractivity contribution in [1.29, 1.82) is 0 Å². The Balaban J connectivity index is 1.64. The number of Topliss-reactive ketones (excluding diaryl/α,β-unsaturated/α-hetero) is 1. The Labute approximate surface area is 207 Å². The normalized spacial score (nSPS) is 17.2. The van der Waals surface area contributed by atoms with Crippen LogP contribution in [0.3, 0.4) is 0 Å². The fraction of sp³-hybridized carbons (Fsp3) is 0.138. The van der Waals surface area contributed by atoms with Gasteiger partial charge in [0.2, 0.25) is 0 Å². The zero-order chi connectivity index (χ0) is 25.4. The molecule has 2 heterocycles. The van der Waals surface area contributed by atoms with Gasteiger partial charge in [0.1, 0.15) is 5.76 Å². The second kappa shape index (κ2) is 9.19. The van der Waals surface area contributed by atoms with Gasteiger partial charge in [0.25, 0.3) is 11.7 Å². The molecule has 0 bridgehead atoms. The lowest BCUT2D eigenvalue weighted by Crippen LogP contribution is -2.29. The molecular formula is C29H24N2O5. The van der Waals surface area contributed by atoms with Crippen molar-refractivity contribution in [3.63, 3.8) is 0 Å². The van der Waals surface area contributed by atoms with Crippen LogP contribution in [0.15, 0.2) is 90.6 Å². The topological polar surface area (TPSA) is 99.7 Å². The number of fused-ring (bicyclic) bond motifs is 1. The maximum atomic E-state index is 13.3. The van der Waals surface area contributed by atoms with Gasteiger partial charge in [-0.2, -0.15) is 0 Å². The van der Waals surface area contributed by atoms with Crippen LogP contribution in [0.5, 0.6) is 0 Å². The molecule has 1 aliphatic rings. The van der Waals surface area contributed by atoms with E-state index in [0.29, 0.717) is 22.4 Å². The first-order valence-corrected chi connectivity index (χ1v) is 11.6. The monoisotopic (exact) mass is 480 g/mol. The highest BCUT2D eigenvalue weighted by atomic mass is 16.5. The zero-order valence-electron chi connectivity index (χ0n) is 19.8. The van der Waals surface area contributed by atoms with Gasteiger partial charge >= 0.3 is 5.97 Å². The van der Waals surface area contributed by atoms with Gasteiger partial charge in [0.15, 0.2) is 0 Å². The highest BCUT2D eigenvalue weighted by Gasteiger charge is 2.47. The quantitative estimate of drug-likeness (QED) is 0.173. The smallest absolute Gasteiger partial charge is 0.338 e. The van der Waals surface area contributed by atoms with Crippen LogP contribution in [0.2, 0.25) is 0 Å². The number of aliphatic hydroxyl groups excluding tert-OH is 1. The summed E-state index contributed by atoms with van der Waals surface area (Å²) >= 11 is 0. The molecule has 1 aromatic heterocycles. The van der Waals surface area contributed by atoms with E-state index < -0.39 is 23.7 Å². The number of H-pyrrole nitrogens is 1. The first-order chi connectivity index (χ1) is 17.4. The van der Waals surface area contributed by atoms with E-state index in [-0.39, 0.29) is 17.4 Å². The molecule has 1 amide bonds. The number of ketones is 1. The number of carbonyl (C=O) groups is 3. The fourth-order valence-electron chi connectivity index (χ4n) is 4.50. The van der Waals surface area contributed by atoms with E-state index in [1.165, 1.54) is 4.90 Å². The van der Waals surface area contributed by atoms with Crippen molar-refractivity contribution in [2.24, 2.45) is 0 Å². The number of nitrogens with zero attached hydrogens (tertiary/aromatic N) is 1. The average molecular weight is 481 g/mol. The fourth-order valence-corrected chi connectivity index (χ4v) is 4.50. The van der Waals surface area contributed by atoms with Gasteiger partial charge in [0, 0.05) is 28.4 Å². The number of hydrogen-bond donors (Lipinski definition) is 2. The predicted molar refractivity (Wildman–Crippen MR) is 137 cm³/mol. The maximum Gasteiger partial charge on any atom is 0.338 e. The standard InChI is InChI=1S/C29H24N2O5/c1-17(2)36-29(35)19-12-14-20(15-13-19)31-25(18-8-4-3-5-9-18)24(27(33)28(31)34)26(32)22-16-30-23-11-7-6-10-21(22)23/h3-17,25,30,32H,1-2H3/b26-24-. The van der Waals surface area contributed by atoms with Gasteiger partial charge in [0.05, 0.1) is 23.3 Å². The van der Waals surface area contributed by atoms with E-state index in [2.05, 4.69) is 4.98 Å². The Morgan fingerprint density at radius 2 is 1.61 bits per heavy atom. The lowest BCUT2D eigenvalue weighted by molar-refractivity contribution is -0.132. The lowest BCUT2D eigenvalue weighted by atomic mass is 9.95. The first kappa shape index (κ1) is 23.1. The zero-order valence-corrected chi connectivity index (χ0v) is 19.8. The molecule has 0 radical (unpaired) electrons. The molecule has 5 rings (SSSR count). The lowest BCUT2D eigenvalue weighted by Gasteiger charge is -2.25. The molecule has 7 nitrogen and oxygen atoms in total. The summed E-state index contributed by atoms with van der Waals surface area (Å²) in [5.41, 5.74) is 2.66. The molecule has 0 aliphatic carbocycles. The molecule has 1 unspecified atom stereocenters. The van der Waals surface area contributed by atoms with E-state index in [1.807, 2.05) is 42.5 Å². The number of hydrogen-bond acceptors (Lipinski definition) is 5. The van der Waals surface area contributed by atoms with Crippen LogP contribution < -0.4 is 4.90 Å². The van der Waals surface area contributed by atoms with Crippen LogP contribution >= 0.6 is 0 Å². The number of esters is 1. The van der Waals surface area contributed by atoms with Gasteiger partial charge in [-0.1, -0.05) is 48.5 Å². The summed E-state index contributed by atoms with van der Waals surface area (Å²) in [5, 5.41) is 12.1. The third-order valence-corrected chi connectivity index (χ3v) is 6.13. The van der Waals surface area contributed by atoms with Crippen molar-refractivity contribution < 1.29 is 24.2 Å². The predicted octanol–water partition coefficient (Wildman–Crippen LogP) is 5.36. The molecule has 1 aliphatic heterocycles. The third-order valence-electron chi connectivity index (χ3n) is 6.13. The molecule has 0 spiro atoms. The number of carbonyl (C=O) groups excluding carboxylic acids is 3. The van der Waals surface area contributed by atoms with Crippen molar-refractivity contribution in [3.05, 3.63) is 107 Å². The van der Waals surface area contributed by atoms with Crippen LogP contribution in [0, 0.1) is 0 Å². The maximum absolute atomic E-state index is 13.3. The van der Waals surface area contributed by atoms with Crippen LogP contribution in [-0.4, -0.2) is 33.9 Å². The second-order valence-corrected chi connectivity index (χ2v) is 8.83. The minimum absolute atomic E-state index is 0.000697. The van der Waals surface area contributed by atoms with Gasteiger partial charge in [-0.05, 0) is 49.7 Å². The minimum Gasteiger partial charge on any atom is -0.507 e. The van der Waals surface area contributed by atoms with Crippen LogP contribution in [0.4, 0.5) is 5.69 Å². The van der Waals surface area contributed by atoms with E-state index >= 15 is 0 Å². The number of aromatic amines is 1. The SMILES string of the molecule is CC(C)OC(=O)c1ccc(N2C(=O)C(=O)/C(=C(\O)c3c[nH]c4ccccc34)C2c2ccccc2)cc1. The van der Waals surface area contributed by atoms with E-state index in [0.717, 1.165) is 10.9 Å². The molecule has 1 atom stereocenters. The van der Waals surface area contributed by atoms with Crippen LogP contribution in [0.25, 0.3) is 16.7 Å². The number of rotatable bonds is 5. The summed E-state index contributed by atoms with van der Waals surface area (Å²) in [6.07, 6.45) is 1.36. The number of anilines is 1. The number of amides is 1. The Kier molecular flexibility index (Phi) is 5.90. The van der Waals surface area contributed by atoms with E-state index in [9.17, 15) is 19.5 Å². The van der Waals surface area contributed by atoms with Crippen LogP contribution in [-0.2, 0) is 14.3 Å². The number of para-hydroxylation sites is 1. The molecule has 3 aromatic carbocycles. The van der Waals surface area contributed by atoms with E-state index in [4.69, 9.17) is 4.74 Å². The number of nitrogens with one attached hydrogen (secondary N) is 1. The first-order valence-electron chi connectivity index (χ1n) is 11.6. The Morgan fingerprint density at radius 3 is 2.31 bits per heavy atom. The van der Waals surface area contributed by atoms with Crippen LogP contribution in [0.1, 0.15) is 41.4 Å². The molecule has 7 heteroatoms. The Bertz CT molecular complexity index is 1500. The molecule has 1 fully saturated rings. The molecule has 1 saturated heterocycles. The number of ether oxygens (including phenoxy) is 1. The molecular weight excluding hydrogens is 456 g/mol. The van der Waals surface area contributed by atoms with Crippen molar-refractivity contribution in [3.8, 4) is 0 Å². The van der Waals surface area contributed by atoms with Crippen molar-refractivity contribution in [1.82, 2.24) is 4.98 Å². The van der Waals surface area contributed by atoms with Gasteiger partial charge in [-0.25, -0.2) is 4.79 Å². The molecule has 180 valence electrons. The molecule has 2 N–H and O–H groups in total. The summed E-state index contributed by atoms with van der Waals surface area (Å²) < 4.78 is 5.24. The van der Waals surface area contributed by atoms with Gasteiger partial charge < -0.3 is 14.8 Å². The minimum atomic E-state index is -0.853. The summed E-state index contributed by atoms with van der Waals surface area (Å²) in [6.45, 7) is 3.53. The number of aromatic nitrogens is 1. The summed E-state index contributed by atoms with van der Waals surface area (Å²) in [5.74, 6) is -2.27. The Morgan fingerprint density at radius 1 is 0.944 bits per heavy atom. The highest BCUT2D eigenvalue weighted by Crippen LogP contribution is 2.42. The second-order valence-electron chi connectivity index (χ2n) is 8.83. The van der Waals surface area contributed by atoms with Gasteiger partial charge in [-0.15, -0.1) is 0 Å². The molecule has 36 heavy (non-hydrogen) atoms. The largest absolute Gasteiger partial charge is 0.507 e. The number of aliphatic hydroxyl groups is 1. The van der Waals surface area contributed by atoms with Gasteiger partial charge in [-0.3, -0.25) is 14.5 Å². The average Bonchev–Trinajstić information content (AvgIpc) is 3.43. The molecule has 0 saturated carbocycles. The summed E-state index contributed by atoms with van der Waals surface area (Å²) in [7, 11) is 0. The Hall–Kier alpha value is -4.65. The number of benzene rings is 3. The summed E-state index contributed by atoms with van der Waals surface area (Å²) in [6, 6.07) is 21.9. The molecule has 4 aromatic rings. The highest BCUT2D eigenvalue weighted by molar-refractivity contribution is 6.51. The summed E-state index contributed by atoms with van der Waals surface area (Å²) in [4.78, 5) is 43.4. The van der Waals surface area contributed by atoms with Crippen molar-refractivity contribution in [2.75, 3.05) is 4.90 Å². The van der Waals surface area contributed by atoms with E-state index in [1.54, 1.807) is 56.4 Å². The van der Waals surface area contributed by atoms with Crippen molar-refractivity contribution >= 4 is 40.0 Å².